The number of ketones is 1. The highest BCUT2D eigenvalue weighted by atomic mass is 16.4. The van der Waals surface area contributed by atoms with Crippen LogP contribution in [0.1, 0.15) is 48.9 Å². The van der Waals surface area contributed by atoms with Crippen LogP contribution in [-0.2, 0) is 14.4 Å². The van der Waals surface area contributed by atoms with Gasteiger partial charge >= 0.3 is 11.9 Å². The lowest BCUT2D eigenvalue weighted by Crippen LogP contribution is -2.48. The molecule has 0 spiro atoms. The molecule has 6 N–H and O–H groups in total. The molecule has 1 aliphatic rings. The van der Waals surface area contributed by atoms with Crippen LogP contribution in [0.3, 0.4) is 0 Å². The van der Waals surface area contributed by atoms with Crippen LogP contribution in [0.5, 0.6) is 0 Å². The number of rotatable bonds is 12. The summed E-state index contributed by atoms with van der Waals surface area (Å²) in [6.45, 7) is 0.746. The average molecular weight is 459 g/mol. The van der Waals surface area contributed by atoms with E-state index in [9.17, 15) is 29.4 Å². The molecule has 3 rings (SSSR count). The third-order valence-electron chi connectivity index (χ3n) is 6.05. The molecule has 10 nitrogen and oxygen atoms in total. The van der Waals surface area contributed by atoms with E-state index in [4.69, 9.17) is 5.73 Å². The van der Waals surface area contributed by atoms with Crippen molar-refractivity contribution in [1.82, 2.24) is 15.2 Å². The zero-order valence-electron chi connectivity index (χ0n) is 18.3. The van der Waals surface area contributed by atoms with Crippen molar-refractivity contribution in [1.29, 1.82) is 0 Å². The Morgan fingerprint density at radius 2 is 1.94 bits per heavy atom. The van der Waals surface area contributed by atoms with Crippen molar-refractivity contribution in [3.63, 3.8) is 0 Å². The fourth-order valence-corrected chi connectivity index (χ4v) is 4.23. The van der Waals surface area contributed by atoms with Crippen molar-refractivity contribution < 1.29 is 29.4 Å². The zero-order chi connectivity index (χ0) is 24.0. The second-order valence-corrected chi connectivity index (χ2v) is 8.35. The zero-order valence-corrected chi connectivity index (χ0v) is 18.3. The van der Waals surface area contributed by atoms with Crippen LogP contribution in [0, 0.1) is 0 Å². The molecule has 0 saturated carbocycles. The molecule has 1 saturated heterocycles. The Morgan fingerprint density at radius 3 is 2.67 bits per heavy atom. The second-order valence-electron chi connectivity index (χ2n) is 8.35. The molecule has 3 atom stereocenters. The molecule has 33 heavy (non-hydrogen) atoms. The van der Waals surface area contributed by atoms with Gasteiger partial charge in [0.05, 0.1) is 6.04 Å². The van der Waals surface area contributed by atoms with Gasteiger partial charge in [-0.1, -0.05) is 24.6 Å². The number of aromatic nitrogens is 1. The van der Waals surface area contributed by atoms with E-state index in [2.05, 4.69) is 10.3 Å². The third kappa shape index (κ3) is 5.96. The molecule has 178 valence electrons. The molecule has 1 unspecified atom stereocenters. The molecule has 2 aromatic rings. The monoisotopic (exact) mass is 458 g/mol. The normalized spacial score (nSPS) is 17.7. The summed E-state index contributed by atoms with van der Waals surface area (Å²) in [5.41, 5.74) is 7.25. The first kappa shape index (κ1) is 24.4. The number of Topliss-reactive ketones (excluding diaryl/α,β-unsaturated/α-hetero) is 1. The summed E-state index contributed by atoms with van der Waals surface area (Å²) in [5.74, 6) is -2.75. The number of nitrogens with one attached hydrogen (secondary N) is 2. The number of carboxylic acid groups (broad SMARTS) is 2. The van der Waals surface area contributed by atoms with Crippen LogP contribution in [0.15, 0.2) is 30.5 Å². The van der Waals surface area contributed by atoms with Crippen molar-refractivity contribution in [2.24, 2.45) is 5.73 Å². The number of amides is 1. The Labute approximate surface area is 191 Å². The topological polar surface area (TPSA) is 166 Å². The molecule has 0 aliphatic carbocycles. The second kappa shape index (κ2) is 11.1. The number of H-pyrrole nitrogens is 1. The van der Waals surface area contributed by atoms with Gasteiger partial charge in [0.2, 0.25) is 5.91 Å². The van der Waals surface area contributed by atoms with Gasteiger partial charge in [-0.25, -0.2) is 4.79 Å². The molecule has 2 heterocycles. The third-order valence-corrected chi connectivity index (χ3v) is 6.05. The Bertz CT molecular complexity index is 1020. The lowest BCUT2D eigenvalue weighted by molar-refractivity contribution is -0.148. The number of fused-ring (bicyclic) bond motifs is 1. The van der Waals surface area contributed by atoms with E-state index in [1.807, 2.05) is 24.3 Å². The molecule has 1 amide bonds. The number of carbonyl (C=O) groups is 4. The van der Waals surface area contributed by atoms with Crippen LogP contribution in [0.25, 0.3) is 10.9 Å². The van der Waals surface area contributed by atoms with Crippen molar-refractivity contribution in [3.05, 3.63) is 36.0 Å². The summed E-state index contributed by atoms with van der Waals surface area (Å²) in [4.78, 5) is 52.3. The number of likely N-dealkylation sites (tertiary alicyclic amines) is 1. The Hall–Kier alpha value is -3.24. The Balaban J connectivity index is 1.43. The Morgan fingerprint density at radius 1 is 1.18 bits per heavy atom. The number of benzene rings is 1. The maximum atomic E-state index is 12.7. The van der Waals surface area contributed by atoms with Gasteiger partial charge in [-0.2, -0.15) is 0 Å². The van der Waals surface area contributed by atoms with Gasteiger partial charge in [-0.3, -0.25) is 14.4 Å². The average Bonchev–Trinajstić information content (AvgIpc) is 3.44. The first-order valence-electron chi connectivity index (χ1n) is 11.1. The van der Waals surface area contributed by atoms with Crippen molar-refractivity contribution in [3.8, 4) is 0 Å². The SMILES string of the molecule is N[C@@H](CCCCNC(CC(=O)c1c[nH]c2ccccc12)C(=O)O)C(=O)N1CCC[C@H]1C(=O)O. The van der Waals surface area contributed by atoms with Crippen LogP contribution >= 0.6 is 0 Å². The quantitative estimate of drug-likeness (QED) is 0.235. The summed E-state index contributed by atoms with van der Waals surface area (Å²) in [6, 6.07) is 4.71. The van der Waals surface area contributed by atoms with E-state index in [1.54, 1.807) is 6.20 Å². The molecule has 1 aromatic heterocycles. The number of para-hydroxylation sites is 1. The number of aliphatic carboxylic acids is 2. The van der Waals surface area contributed by atoms with Gasteiger partial charge in [0.25, 0.3) is 0 Å². The summed E-state index contributed by atoms with van der Waals surface area (Å²) in [5, 5.41) is 22.4. The Kier molecular flexibility index (Phi) is 8.18. The van der Waals surface area contributed by atoms with Crippen molar-refractivity contribution >= 4 is 34.5 Å². The van der Waals surface area contributed by atoms with Gasteiger partial charge in [0, 0.05) is 35.6 Å². The van der Waals surface area contributed by atoms with Crippen LogP contribution < -0.4 is 11.1 Å². The smallest absolute Gasteiger partial charge is 0.326 e. The number of aromatic amines is 1. The van der Waals surface area contributed by atoms with Gasteiger partial charge in [0.15, 0.2) is 5.78 Å². The highest BCUT2D eigenvalue weighted by molar-refractivity contribution is 6.09. The fourth-order valence-electron chi connectivity index (χ4n) is 4.23. The molecular weight excluding hydrogens is 428 g/mol. The summed E-state index contributed by atoms with van der Waals surface area (Å²) < 4.78 is 0. The van der Waals surface area contributed by atoms with Gasteiger partial charge < -0.3 is 31.1 Å². The van der Waals surface area contributed by atoms with Crippen LogP contribution in [-0.4, -0.2) is 74.9 Å². The number of carboxylic acids is 2. The molecular formula is C23H30N4O6. The van der Waals surface area contributed by atoms with Crippen molar-refractivity contribution in [2.45, 2.75) is 56.7 Å². The van der Waals surface area contributed by atoms with E-state index in [1.165, 1.54) is 4.90 Å². The molecule has 0 bridgehead atoms. The highest BCUT2D eigenvalue weighted by Crippen LogP contribution is 2.20. The number of nitrogens with two attached hydrogens (primary N) is 1. The number of unbranched alkanes of at least 4 members (excludes halogenated alkanes) is 1. The minimum Gasteiger partial charge on any atom is -0.480 e. The molecule has 1 aliphatic heterocycles. The van der Waals surface area contributed by atoms with Crippen molar-refractivity contribution in [2.75, 3.05) is 13.1 Å². The molecule has 1 fully saturated rings. The predicted molar refractivity (Wildman–Crippen MR) is 121 cm³/mol. The number of carbonyl (C=O) groups excluding carboxylic acids is 2. The van der Waals surface area contributed by atoms with E-state index in [0.29, 0.717) is 50.8 Å². The van der Waals surface area contributed by atoms with E-state index >= 15 is 0 Å². The fraction of sp³-hybridized carbons (Fsp3) is 0.478. The standard InChI is InChI=1S/C23H30N4O6/c24-16(21(29)27-11-5-9-19(27)23(32)33)7-3-4-10-25-18(22(30)31)12-20(28)15-13-26-17-8-2-1-6-14(15)17/h1-2,6,8,13,16,18-19,25-26H,3-5,7,9-12,24H2,(H,30,31)(H,32,33)/t16-,18?,19-/m0/s1. The minimum atomic E-state index is -1.11. The first-order valence-corrected chi connectivity index (χ1v) is 11.1. The maximum Gasteiger partial charge on any atom is 0.326 e. The molecule has 10 heteroatoms. The number of nitrogens with zero attached hydrogens (tertiary/aromatic N) is 1. The summed E-state index contributed by atoms with van der Waals surface area (Å²) in [7, 11) is 0. The lowest BCUT2D eigenvalue weighted by Gasteiger charge is -2.24. The summed E-state index contributed by atoms with van der Waals surface area (Å²) in [6.07, 6.45) is 4.00. The van der Waals surface area contributed by atoms with E-state index in [-0.39, 0.29) is 18.1 Å². The predicted octanol–water partition coefficient (Wildman–Crippen LogP) is 1.36. The number of hydrogen-bond donors (Lipinski definition) is 5. The first-order chi connectivity index (χ1) is 15.8. The maximum absolute atomic E-state index is 12.7. The van der Waals surface area contributed by atoms with E-state index < -0.39 is 30.1 Å². The lowest BCUT2D eigenvalue weighted by atomic mass is 10.0. The molecule has 0 radical (unpaired) electrons. The highest BCUT2D eigenvalue weighted by Gasteiger charge is 2.35. The van der Waals surface area contributed by atoms with E-state index in [0.717, 1.165) is 10.9 Å². The molecule has 1 aromatic carbocycles. The van der Waals surface area contributed by atoms with Gasteiger partial charge in [-0.05, 0) is 38.3 Å². The summed E-state index contributed by atoms with van der Waals surface area (Å²) >= 11 is 0. The minimum absolute atomic E-state index is 0.180. The van der Waals surface area contributed by atoms with Gasteiger partial charge in [-0.15, -0.1) is 0 Å². The number of hydrogen-bond acceptors (Lipinski definition) is 6. The van der Waals surface area contributed by atoms with Crippen LogP contribution in [0.4, 0.5) is 0 Å². The largest absolute Gasteiger partial charge is 0.480 e. The van der Waals surface area contributed by atoms with Gasteiger partial charge in [0.1, 0.15) is 12.1 Å². The van der Waals surface area contributed by atoms with Crippen LogP contribution in [0.2, 0.25) is 0 Å².